The molecule has 0 saturated carbocycles. The molecule has 0 spiro atoms. The molecule has 0 saturated heterocycles. The molecule has 0 aliphatic heterocycles. The molecule has 0 unspecified atom stereocenters. The third-order valence-corrected chi connectivity index (χ3v) is 4.42. The van der Waals surface area contributed by atoms with Gasteiger partial charge in [0.25, 0.3) is 0 Å². The van der Waals surface area contributed by atoms with E-state index in [-0.39, 0.29) is 5.76 Å². The van der Waals surface area contributed by atoms with Crippen molar-refractivity contribution in [1.82, 2.24) is 9.99 Å². The first kappa shape index (κ1) is 19.0. The molecule has 0 atom stereocenters. The molecule has 2 heterocycles. The fraction of sp³-hybridized carbons (Fsp3) is 0.0455. The number of fused-ring (bicyclic) bond motifs is 1. The first-order chi connectivity index (χ1) is 14.6. The summed E-state index contributed by atoms with van der Waals surface area (Å²) in [6.45, 7) is 0.365. The first-order valence-electron chi connectivity index (χ1n) is 9.15. The van der Waals surface area contributed by atoms with Crippen LogP contribution < -0.4 is 10.7 Å². The number of para-hydroxylation sites is 2. The largest absolute Gasteiger partial charge is 0.475 e. The number of hydrogen-bond donors (Lipinski definition) is 3. The Hall–Kier alpha value is -4.33. The minimum Gasteiger partial charge on any atom is -0.475 e. The van der Waals surface area contributed by atoms with E-state index in [1.807, 2.05) is 53.2 Å². The zero-order valence-corrected chi connectivity index (χ0v) is 15.8. The molecule has 2 aromatic carbocycles. The van der Waals surface area contributed by atoms with E-state index in [0.29, 0.717) is 18.0 Å². The van der Waals surface area contributed by atoms with Crippen LogP contribution in [-0.4, -0.2) is 27.9 Å². The number of hydrazone groups is 1. The van der Waals surface area contributed by atoms with Crippen LogP contribution >= 0.6 is 0 Å². The molecule has 150 valence electrons. The quantitative estimate of drug-likeness (QED) is 0.333. The number of aromatic nitrogens is 1. The number of anilines is 1. The zero-order valence-electron chi connectivity index (χ0n) is 15.8. The number of benzene rings is 2. The number of furan rings is 1. The van der Waals surface area contributed by atoms with Crippen molar-refractivity contribution in [3.8, 4) is 0 Å². The number of urea groups is 1. The number of aromatic carboxylic acids is 1. The van der Waals surface area contributed by atoms with Gasteiger partial charge in [0.1, 0.15) is 5.76 Å². The van der Waals surface area contributed by atoms with E-state index in [2.05, 4.69) is 15.8 Å². The molecule has 0 fully saturated rings. The first-order valence-corrected chi connectivity index (χ1v) is 9.15. The average Bonchev–Trinajstić information content (AvgIpc) is 3.35. The highest BCUT2D eigenvalue weighted by molar-refractivity contribution is 6.00. The third-order valence-electron chi connectivity index (χ3n) is 4.42. The molecule has 0 bridgehead atoms. The van der Waals surface area contributed by atoms with Crippen molar-refractivity contribution in [2.24, 2.45) is 5.10 Å². The monoisotopic (exact) mass is 402 g/mol. The van der Waals surface area contributed by atoms with Gasteiger partial charge < -0.3 is 19.4 Å². The maximum Gasteiger partial charge on any atom is 0.371 e. The van der Waals surface area contributed by atoms with Crippen LogP contribution in [0, 0.1) is 0 Å². The number of hydrogen-bond acceptors (Lipinski definition) is 4. The van der Waals surface area contributed by atoms with Gasteiger partial charge in [-0.05, 0) is 30.3 Å². The zero-order chi connectivity index (χ0) is 20.9. The Bertz CT molecular complexity index is 1220. The van der Waals surface area contributed by atoms with Crippen LogP contribution in [0.15, 0.2) is 82.4 Å². The van der Waals surface area contributed by atoms with Gasteiger partial charge in [0, 0.05) is 28.4 Å². The Morgan fingerprint density at radius 3 is 2.57 bits per heavy atom. The van der Waals surface area contributed by atoms with Crippen molar-refractivity contribution in [2.75, 3.05) is 5.32 Å². The third kappa shape index (κ3) is 4.22. The highest BCUT2D eigenvalue weighted by atomic mass is 16.4. The Kier molecular flexibility index (Phi) is 5.29. The Labute approximate surface area is 171 Å². The fourth-order valence-electron chi connectivity index (χ4n) is 3.10. The minimum absolute atomic E-state index is 0.100. The molecule has 2 aromatic heterocycles. The smallest absolute Gasteiger partial charge is 0.371 e. The lowest BCUT2D eigenvalue weighted by Crippen LogP contribution is -2.24. The van der Waals surface area contributed by atoms with Crippen LogP contribution in [0.2, 0.25) is 0 Å². The molecule has 8 nitrogen and oxygen atoms in total. The van der Waals surface area contributed by atoms with Crippen LogP contribution in [0.1, 0.15) is 21.9 Å². The summed E-state index contributed by atoms with van der Waals surface area (Å²) in [5, 5.41) is 16.7. The summed E-state index contributed by atoms with van der Waals surface area (Å²) in [6, 6.07) is 19.4. The second-order valence-electron chi connectivity index (χ2n) is 6.49. The summed E-state index contributed by atoms with van der Waals surface area (Å²) < 4.78 is 7.29. The van der Waals surface area contributed by atoms with Gasteiger partial charge in [0.05, 0.1) is 12.8 Å². The van der Waals surface area contributed by atoms with Crippen molar-refractivity contribution < 1.29 is 19.1 Å². The number of amides is 2. The Morgan fingerprint density at radius 2 is 1.80 bits per heavy atom. The van der Waals surface area contributed by atoms with E-state index in [9.17, 15) is 9.59 Å². The number of carboxylic acid groups (broad SMARTS) is 1. The topological polar surface area (TPSA) is 109 Å². The predicted molar refractivity (Wildman–Crippen MR) is 113 cm³/mol. The van der Waals surface area contributed by atoms with Gasteiger partial charge in [-0.2, -0.15) is 5.10 Å². The van der Waals surface area contributed by atoms with Crippen molar-refractivity contribution in [2.45, 2.75) is 6.54 Å². The van der Waals surface area contributed by atoms with E-state index in [4.69, 9.17) is 9.52 Å². The maximum atomic E-state index is 12.0. The lowest BCUT2D eigenvalue weighted by Gasteiger charge is -2.02. The maximum absolute atomic E-state index is 12.0. The summed E-state index contributed by atoms with van der Waals surface area (Å²) in [5.41, 5.74) is 4.85. The van der Waals surface area contributed by atoms with Gasteiger partial charge in [-0.1, -0.05) is 36.4 Å². The summed E-state index contributed by atoms with van der Waals surface area (Å²) in [4.78, 5) is 23.0. The van der Waals surface area contributed by atoms with Crippen LogP contribution in [0.25, 0.3) is 10.9 Å². The fourth-order valence-corrected chi connectivity index (χ4v) is 3.10. The van der Waals surface area contributed by atoms with Gasteiger partial charge in [-0.15, -0.1) is 0 Å². The lowest BCUT2D eigenvalue weighted by molar-refractivity contribution is 0.0660. The van der Waals surface area contributed by atoms with Gasteiger partial charge in [-0.3, -0.25) is 0 Å². The highest BCUT2D eigenvalue weighted by Crippen LogP contribution is 2.22. The van der Waals surface area contributed by atoms with E-state index in [1.165, 1.54) is 6.07 Å². The molecule has 4 rings (SSSR count). The summed E-state index contributed by atoms with van der Waals surface area (Å²) in [6.07, 6.45) is 3.43. The molecule has 4 aromatic rings. The van der Waals surface area contributed by atoms with Gasteiger partial charge in [0.15, 0.2) is 0 Å². The Morgan fingerprint density at radius 1 is 1.03 bits per heavy atom. The number of nitrogens with zero attached hydrogens (tertiary/aromatic N) is 2. The molecular weight excluding hydrogens is 384 g/mol. The van der Waals surface area contributed by atoms with Crippen molar-refractivity contribution in [3.05, 3.63) is 90.0 Å². The second kappa shape index (κ2) is 8.36. The minimum atomic E-state index is -1.11. The van der Waals surface area contributed by atoms with Crippen LogP contribution in [-0.2, 0) is 6.54 Å². The number of nitrogens with one attached hydrogen (secondary N) is 2. The van der Waals surface area contributed by atoms with Crippen LogP contribution in [0.3, 0.4) is 0 Å². The lowest BCUT2D eigenvalue weighted by atomic mass is 10.2. The number of rotatable bonds is 6. The van der Waals surface area contributed by atoms with Gasteiger partial charge in [0.2, 0.25) is 5.76 Å². The van der Waals surface area contributed by atoms with E-state index in [1.54, 1.807) is 24.4 Å². The number of carbonyl (C=O) groups excluding carboxylic acids is 1. The highest BCUT2D eigenvalue weighted by Gasteiger charge is 2.12. The van der Waals surface area contributed by atoms with Crippen molar-refractivity contribution in [1.29, 1.82) is 0 Å². The normalized spacial score (nSPS) is 11.1. The number of carbonyl (C=O) groups is 2. The van der Waals surface area contributed by atoms with Gasteiger partial charge in [-0.25, -0.2) is 15.0 Å². The molecule has 8 heteroatoms. The molecule has 0 radical (unpaired) electrons. The Balaban J connectivity index is 1.50. The van der Waals surface area contributed by atoms with E-state index < -0.39 is 12.0 Å². The SMILES string of the molecule is O=C(N/N=C/c1cn(Cc2ccc(C(=O)O)o2)c2ccccc12)Nc1ccccc1. The average molecular weight is 402 g/mol. The van der Waals surface area contributed by atoms with E-state index in [0.717, 1.165) is 16.5 Å². The molecule has 30 heavy (non-hydrogen) atoms. The van der Waals surface area contributed by atoms with Crippen molar-refractivity contribution in [3.63, 3.8) is 0 Å². The standard InChI is InChI=1S/C22H18N4O4/c27-21(28)20-11-10-17(30-20)14-26-13-15(18-8-4-5-9-19(18)26)12-23-25-22(29)24-16-6-2-1-3-7-16/h1-13H,14H2,(H,27,28)(H2,24,25,29)/b23-12+. The molecular formula is C22H18N4O4. The van der Waals surface area contributed by atoms with Crippen LogP contribution in [0.4, 0.5) is 10.5 Å². The van der Waals surface area contributed by atoms with Crippen molar-refractivity contribution >= 4 is 34.8 Å². The second-order valence-corrected chi connectivity index (χ2v) is 6.49. The summed E-state index contributed by atoms with van der Waals surface area (Å²) in [7, 11) is 0. The summed E-state index contributed by atoms with van der Waals surface area (Å²) in [5.74, 6) is -0.680. The van der Waals surface area contributed by atoms with Gasteiger partial charge >= 0.3 is 12.0 Å². The molecule has 3 N–H and O–H groups in total. The predicted octanol–water partition coefficient (Wildman–Crippen LogP) is 4.14. The van der Waals surface area contributed by atoms with Crippen LogP contribution in [0.5, 0.6) is 0 Å². The summed E-state index contributed by atoms with van der Waals surface area (Å²) >= 11 is 0. The molecule has 0 aliphatic carbocycles. The number of carboxylic acids is 1. The van der Waals surface area contributed by atoms with E-state index >= 15 is 0 Å². The molecule has 0 aliphatic rings. The molecule has 2 amide bonds.